The lowest BCUT2D eigenvalue weighted by Gasteiger charge is -1.90. The summed E-state index contributed by atoms with van der Waals surface area (Å²) < 4.78 is 4.73. The SMILES string of the molecule is CC.Nc1cc(-c2ccncc2)no1. The van der Waals surface area contributed by atoms with E-state index >= 15 is 0 Å². The molecule has 0 aliphatic rings. The number of nitrogen functional groups attached to an aromatic ring is 1. The number of nitrogens with two attached hydrogens (primary N) is 1. The Kier molecular flexibility index (Phi) is 3.67. The van der Waals surface area contributed by atoms with E-state index in [0.29, 0.717) is 5.88 Å². The highest BCUT2D eigenvalue weighted by Gasteiger charge is 2.01. The van der Waals surface area contributed by atoms with Crippen LogP contribution in [0.5, 0.6) is 0 Å². The molecule has 0 bridgehead atoms. The van der Waals surface area contributed by atoms with Crippen LogP contribution >= 0.6 is 0 Å². The van der Waals surface area contributed by atoms with E-state index in [1.807, 2.05) is 26.0 Å². The topological polar surface area (TPSA) is 64.9 Å². The van der Waals surface area contributed by atoms with Gasteiger partial charge < -0.3 is 10.3 Å². The van der Waals surface area contributed by atoms with Crippen molar-refractivity contribution in [1.29, 1.82) is 0 Å². The molecule has 0 aromatic carbocycles. The third kappa shape index (κ3) is 2.32. The first-order chi connectivity index (χ1) is 6.86. The van der Waals surface area contributed by atoms with Gasteiger partial charge in [-0.05, 0) is 12.1 Å². The van der Waals surface area contributed by atoms with Gasteiger partial charge in [0.2, 0.25) is 5.88 Å². The van der Waals surface area contributed by atoms with Crippen LogP contribution in [0.3, 0.4) is 0 Å². The van der Waals surface area contributed by atoms with Gasteiger partial charge in [-0.3, -0.25) is 4.98 Å². The summed E-state index contributed by atoms with van der Waals surface area (Å²) >= 11 is 0. The molecule has 0 radical (unpaired) electrons. The van der Waals surface area contributed by atoms with E-state index < -0.39 is 0 Å². The fourth-order valence-electron chi connectivity index (χ4n) is 0.948. The zero-order chi connectivity index (χ0) is 10.4. The van der Waals surface area contributed by atoms with E-state index in [9.17, 15) is 0 Å². The summed E-state index contributed by atoms with van der Waals surface area (Å²) in [6, 6.07) is 5.36. The number of pyridine rings is 1. The van der Waals surface area contributed by atoms with Crippen LogP contribution in [0.15, 0.2) is 35.1 Å². The molecular formula is C10H13N3O. The summed E-state index contributed by atoms with van der Waals surface area (Å²) in [5.41, 5.74) is 7.05. The third-order valence-electron chi connectivity index (χ3n) is 1.50. The largest absolute Gasteiger partial charge is 0.368 e. The van der Waals surface area contributed by atoms with Crippen LogP contribution in [0.25, 0.3) is 11.3 Å². The molecule has 14 heavy (non-hydrogen) atoms. The first-order valence-corrected chi connectivity index (χ1v) is 4.49. The Labute approximate surface area is 82.7 Å². The number of anilines is 1. The van der Waals surface area contributed by atoms with Gasteiger partial charge in [0.05, 0.1) is 0 Å². The van der Waals surface area contributed by atoms with Gasteiger partial charge in [0.25, 0.3) is 0 Å². The molecule has 0 spiro atoms. The lowest BCUT2D eigenvalue weighted by molar-refractivity contribution is 0.439. The van der Waals surface area contributed by atoms with E-state index in [2.05, 4.69) is 10.1 Å². The molecule has 0 saturated carbocycles. The summed E-state index contributed by atoms with van der Waals surface area (Å²) in [6.45, 7) is 4.00. The molecule has 0 aliphatic carbocycles. The number of aromatic nitrogens is 2. The maximum absolute atomic E-state index is 5.37. The Bertz CT molecular complexity index is 370. The smallest absolute Gasteiger partial charge is 0.222 e. The van der Waals surface area contributed by atoms with Crippen molar-refractivity contribution in [2.75, 3.05) is 5.73 Å². The number of hydrogen-bond donors (Lipinski definition) is 1. The Morgan fingerprint density at radius 3 is 2.36 bits per heavy atom. The van der Waals surface area contributed by atoms with Crippen molar-refractivity contribution in [3.8, 4) is 11.3 Å². The maximum Gasteiger partial charge on any atom is 0.222 e. The maximum atomic E-state index is 5.37. The molecule has 0 amide bonds. The van der Waals surface area contributed by atoms with Crippen LogP contribution in [0.1, 0.15) is 13.8 Å². The minimum absolute atomic E-state index is 0.321. The Balaban J connectivity index is 0.000000461. The van der Waals surface area contributed by atoms with Crippen molar-refractivity contribution in [2.24, 2.45) is 0 Å². The molecule has 0 atom stereocenters. The van der Waals surface area contributed by atoms with E-state index in [-0.39, 0.29) is 0 Å². The van der Waals surface area contributed by atoms with Gasteiger partial charge in [0, 0.05) is 24.0 Å². The van der Waals surface area contributed by atoms with E-state index in [0.717, 1.165) is 11.3 Å². The van der Waals surface area contributed by atoms with E-state index in [1.165, 1.54) is 0 Å². The fraction of sp³-hybridized carbons (Fsp3) is 0.200. The molecule has 0 aliphatic heterocycles. The summed E-state index contributed by atoms with van der Waals surface area (Å²) in [5, 5.41) is 3.76. The molecule has 2 heterocycles. The lowest BCUT2D eigenvalue weighted by Crippen LogP contribution is -1.77. The summed E-state index contributed by atoms with van der Waals surface area (Å²) in [6.07, 6.45) is 3.39. The highest BCUT2D eigenvalue weighted by molar-refractivity contribution is 5.59. The molecule has 2 aromatic rings. The minimum atomic E-state index is 0.321. The molecule has 74 valence electrons. The van der Waals surface area contributed by atoms with Crippen LogP contribution in [-0.4, -0.2) is 10.1 Å². The van der Waals surface area contributed by atoms with Gasteiger partial charge in [-0.15, -0.1) is 0 Å². The molecule has 2 aromatic heterocycles. The molecular weight excluding hydrogens is 178 g/mol. The van der Waals surface area contributed by atoms with Crippen molar-refractivity contribution >= 4 is 5.88 Å². The van der Waals surface area contributed by atoms with Crippen molar-refractivity contribution in [3.05, 3.63) is 30.6 Å². The molecule has 2 rings (SSSR count). The van der Waals surface area contributed by atoms with Crippen molar-refractivity contribution in [3.63, 3.8) is 0 Å². The highest BCUT2D eigenvalue weighted by Crippen LogP contribution is 2.18. The Morgan fingerprint density at radius 1 is 1.21 bits per heavy atom. The quantitative estimate of drug-likeness (QED) is 0.751. The van der Waals surface area contributed by atoms with Crippen LogP contribution in [0.2, 0.25) is 0 Å². The van der Waals surface area contributed by atoms with Crippen LogP contribution in [0.4, 0.5) is 5.88 Å². The van der Waals surface area contributed by atoms with Gasteiger partial charge in [0.1, 0.15) is 5.69 Å². The van der Waals surface area contributed by atoms with Crippen LogP contribution in [-0.2, 0) is 0 Å². The van der Waals surface area contributed by atoms with E-state index in [1.54, 1.807) is 18.5 Å². The lowest BCUT2D eigenvalue weighted by atomic mass is 10.2. The average Bonchev–Trinajstić information content (AvgIpc) is 2.69. The Hall–Kier alpha value is -1.84. The normalized spacial score (nSPS) is 9.00. The summed E-state index contributed by atoms with van der Waals surface area (Å²) in [7, 11) is 0. The molecule has 4 nitrogen and oxygen atoms in total. The number of nitrogens with zero attached hydrogens (tertiary/aromatic N) is 2. The van der Waals surface area contributed by atoms with Gasteiger partial charge in [-0.1, -0.05) is 19.0 Å². The van der Waals surface area contributed by atoms with E-state index in [4.69, 9.17) is 10.3 Å². The van der Waals surface area contributed by atoms with Crippen molar-refractivity contribution in [1.82, 2.24) is 10.1 Å². The third-order valence-corrected chi connectivity index (χ3v) is 1.50. The van der Waals surface area contributed by atoms with Gasteiger partial charge in [0.15, 0.2) is 0 Å². The first kappa shape index (κ1) is 10.2. The predicted molar refractivity (Wildman–Crippen MR) is 55.5 cm³/mol. The Morgan fingerprint density at radius 2 is 1.86 bits per heavy atom. The molecule has 2 N–H and O–H groups in total. The molecule has 4 heteroatoms. The zero-order valence-corrected chi connectivity index (χ0v) is 8.27. The van der Waals surface area contributed by atoms with Crippen LogP contribution < -0.4 is 5.73 Å². The second kappa shape index (κ2) is 5.01. The van der Waals surface area contributed by atoms with Crippen LogP contribution in [0, 0.1) is 0 Å². The monoisotopic (exact) mass is 191 g/mol. The molecule has 0 saturated heterocycles. The standard InChI is InChI=1S/C8H7N3O.C2H6/c9-8-5-7(11-12-8)6-1-3-10-4-2-6;1-2/h1-5H,9H2;1-2H3. The minimum Gasteiger partial charge on any atom is -0.368 e. The van der Waals surface area contributed by atoms with Crippen molar-refractivity contribution < 1.29 is 4.52 Å². The summed E-state index contributed by atoms with van der Waals surface area (Å²) in [4.78, 5) is 3.89. The van der Waals surface area contributed by atoms with Gasteiger partial charge in [-0.2, -0.15) is 0 Å². The summed E-state index contributed by atoms with van der Waals surface area (Å²) in [5.74, 6) is 0.321. The highest BCUT2D eigenvalue weighted by atomic mass is 16.5. The second-order valence-electron chi connectivity index (χ2n) is 2.35. The molecule has 0 fully saturated rings. The second-order valence-corrected chi connectivity index (χ2v) is 2.35. The number of hydrogen-bond acceptors (Lipinski definition) is 4. The predicted octanol–water partition coefficient (Wildman–Crippen LogP) is 2.35. The molecule has 0 unspecified atom stereocenters. The number of rotatable bonds is 1. The first-order valence-electron chi connectivity index (χ1n) is 4.49. The van der Waals surface area contributed by atoms with Gasteiger partial charge in [-0.25, -0.2) is 0 Å². The fourth-order valence-corrected chi connectivity index (χ4v) is 0.948. The zero-order valence-electron chi connectivity index (χ0n) is 8.27. The van der Waals surface area contributed by atoms with Gasteiger partial charge >= 0.3 is 0 Å². The average molecular weight is 191 g/mol. The van der Waals surface area contributed by atoms with Crippen molar-refractivity contribution in [2.45, 2.75) is 13.8 Å².